The van der Waals surface area contributed by atoms with Gasteiger partial charge in [-0.2, -0.15) is 0 Å². The Labute approximate surface area is 253 Å². The Morgan fingerprint density at radius 2 is 1.84 bits per heavy atom. The van der Waals surface area contributed by atoms with Gasteiger partial charge in [0.1, 0.15) is 11.5 Å². The maximum absolute atomic E-state index is 13.1. The third-order valence-electron chi connectivity index (χ3n) is 11.6. The predicted molar refractivity (Wildman–Crippen MR) is 170 cm³/mol. The van der Waals surface area contributed by atoms with Crippen molar-refractivity contribution in [1.82, 2.24) is 19.8 Å². The molecular formula is C36H44N4O3. The van der Waals surface area contributed by atoms with E-state index < -0.39 is 5.60 Å². The van der Waals surface area contributed by atoms with Gasteiger partial charge < -0.3 is 20.1 Å². The average Bonchev–Trinajstić information content (AvgIpc) is 3.52. The lowest BCUT2D eigenvalue weighted by molar-refractivity contribution is -0.120. The molecule has 1 unspecified atom stereocenters. The second kappa shape index (κ2) is 10.6. The number of aromatic hydroxyl groups is 1. The topological polar surface area (TPSA) is 92.7 Å². The van der Waals surface area contributed by atoms with E-state index in [0.29, 0.717) is 31.1 Å². The molecule has 3 bridgehead atoms. The first-order chi connectivity index (χ1) is 21.0. The summed E-state index contributed by atoms with van der Waals surface area (Å²) in [4.78, 5) is 26.5. The van der Waals surface area contributed by atoms with Crippen LogP contribution in [0.15, 0.2) is 48.7 Å². The number of H-pyrrole nitrogens is 1. The zero-order valence-electron chi connectivity index (χ0n) is 25.1. The van der Waals surface area contributed by atoms with Crippen molar-refractivity contribution in [3.8, 4) is 5.75 Å². The number of fused-ring (bicyclic) bond motifs is 5. The number of ketones is 1. The first kappa shape index (κ1) is 27.5. The van der Waals surface area contributed by atoms with Crippen molar-refractivity contribution in [3.63, 3.8) is 0 Å². The number of aromatic amines is 1. The van der Waals surface area contributed by atoms with Crippen LogP contribution in [0.3, 0.4) is 0 Å². The monoisotopic (exact) mass is 580 g/mol. The number of aromatic nitrogens is 2. The van der Waals surface area contributed by atoms with Gasteiger partial charge in [-0.05, 0) is 107 Å². The SMILES string of the molecule is O=C1CCCN2[C@H](CC1)C[C@@]13CN4CCCC/C=C\CC[C@@](O)(C=C(c5nccc6c5[nH]c5c(O)cccc56)[C@H]1CC4)[C@H]23. The summed E-state index contributed by atoms with van der Waals surface area (Å²) >= 11 is 0. The van der Waals surface area contributed by atoms with Crippen molar-refractivity contribution >= 4 is 33.2 Å². The van der Waals surface area contributed by atoms with Gasteiger partial charge in [0.05, 0.1) is 22.3 Å². The van der Waals surface area contributed by atoms with Crippen LogP contribution in [0.2, 0.25) is 0 Å². The number of hydrogen-bond donors (Lipinski definition) is 3. The van der Waals surface area contributed by atoms with Gasteiger partial charge in [-0.15, -0.1) is 0 Å². The molecule has 7 heteroatoms. The third kappa shape index (κ3) is 4.41. The smallest absolute Gasteiger partial charge is 0.139 e. The fourth-order valence-electron chi connectivity index (χ4n) is 9.92. The highest BCUT2D eigenvalue weighted by Crippen LogP contribution is 2.62. The van der Waals surface area contributed by atoms with Gasteiger partial charge in [-0.1, -0.05) is 24.3 Å². The van der Waals surface area contributed by atoms with Crippen LogP contribution in [0.25, 0.3) is 27.4 Å². The Bertz CT molecular complexity index is 1630. The van der Waals surface area contributed by atoms with Gasteiger partial charge in [0, 0.05) is 53.9 Å². The predicted octanol–water partition coefficient (Wildman–Crippen LogP) is 5.96. The van der Waals surface area contributed by atoms with Crippen molar-refractivity contribution < 1.29 is 15.0 Å². The molecule has 7 nitrogen and oxygen atoms in total. The van der Waals surface area contributed by atoms with E-state index in [1.54, 1.807) is 6.07 Å². The van der Waals surface area contributed by atoms with E-state index in [1.807, 2.05) is 18.3 Å². The number of nitrogens with zero attached hydrogens (tertiary/aromatic N) is 3. The van der Waals surface area contributed by atoms with Crippen LogP contribution < -0.4 is 0 Å². The van der Waals surface area contributed by atoms with E-state index in [-0.39, 0.29) is 23.1 Å². The summed E-state index contributed by atoms with van der Waals surface area (Å²) in [6.45, 7) is 4.02. The summed E-state index contributed by atoms with van der Waals surface area (Å²) in [6, 6.07) is 8.04. The molecule has 1 aromatic carbocycles. The minimum Gasteiger partial charge on any atom is -0.506 e. The number of hydrogen-bond acceptors (Lipinski definition) is 6. The van der Waals surface area contributed by atoms with Crippen molar-refractivity contribution in [1.29, 1.82) is 0 Å². The van der Waals surface area contributed by atoms with Crippen LogP contribution >= 0.6 is 0 Å². The van der Waals surface area contributed by atoms with Crippen molar-refractivity contribution in [3.05, 3.63) is 54.4 Å². The van der Waals surface area contributed by atoms with Gasteiger partial charge in [0.25, 0.3) is 0 Å². The number of piperidine rings is 1. The molecule has 3 fully saturated rings. The van der Waals surface area contributed by atoms with Crippen molar-refractivity contribution in [2.75, 3.05) is 26.2 Å². The summed E-state index contributed by atoms with van der Waals surface area (Å²) in [6.07, 6.45) is 18.9. The Kier molecular flexibility index (Phi) is 6.77. The molecular weight excluding hydrogens is 536 g/mol. The minimum atomic E-state index is -1.01. The molecule has 6 heterocycles. The molecule has 3 N–H and O–H groups in total. The zero-order chi connectivity index (χ0) is 29.2. The molecule has 2 aromatic heterocycles. The molecule has 1 aliphatic carbocycles. The highest BCUT2D eigenvalue weighted by molar-refractivity contribution is 6.11. The maximum Gasteiger partial charge on any atom is 0.139 e. The van der Waals surface area contributed by atoms with Crippen LogP contribution in [0.4, 0.5) is 0 Å². The number of benzene rings is 1. The molecule has 226 valence electrons. The number of nitrogens with one attached hydrogen (secondary N) is 1. The summed E-state index contributed by atoms with van der Waals surface area (Å²) in [7, 11) is 0. The summed E-state index contributed by atoms with van der Waals surface area (Å²) in [5, 5.41) is 25.8. The van der Waals surface area contributed by atoms with E-state index >= 15 is 0 Å². The lowest BCUT2D eigenvalue weighted by atomic mass is 9.54. The molecule has 3 aromatic rings. The van der Waals surface area contributed by atoms with E-state index in [2.05, 4.69) is 39.1 Å². The number of pyridine rings is 1. The normalized spacial score (nSPS) is 36.1. The summed E-state index contributed by atoms with van der Waals surface area (Å²) in [5.74, 6) is 0.898. The zero-order valence-corrected chi connectivity index (χ0v) is 25.1. The molecule has 4 aliphatic heterocycles. The Hall–Kier alpha value is -3.00. The largest absolute Gasteiger partial charge is 0.506 e. The van der Waals surface area contributed by atoms with E-state index in [9.17, 15) is 15.0 Å². The van der Waals surface area contributed by atoms with Crippen molar-refractivity contribution in [2.45, 2.75) is 88.3 Å². The number of allylic oxidation sites excluding steroid dienone is 3. The molecule has 3 saturated heterocycles. The molecule has 0 radical (unpaired) electrons. The molecule has 0 amide bonds. The lowest BCUT2D eigenvalue weighted by Crippen LogP contribution is -2.65. The molecule has 5 aliphatic rings. The number of rotatable bonds is 1. The van der Waals surface area contributed by atoms with Crippen LogP contribution in [0.1, 0.15) is 76.3 Å². The van der Waals surface area contributed by atoms with Gasteiger partial charge in [0.15, 0.2) is 0 Å². The first-order valence-electron chi connectivity index (χ1n) is 16.7. The van der Waals surface area contributed by atoms with Gasteiger partial charge in [0.2, 0.25) is 0 Å². The van der Waals surface area contributed by atoms with Gasteiger partial charge in [-0.3, -0.25) is 14.7 Å². The highest BCUT2D eigenvalue weighted by Gasteiger charge is 2.66. The number of para-hydroxylation sites is 1. The summed E-state index contributed by atoms with van der Waals surface area (Å²) < 4.78 is 0. The second-order valence-corrected chi connectivity index (χ2v) is 14.0. The number of aliphatic hydroxyl groups is 1. The molecule has 43 heavy (non-hydrogen) atoms. The minimum absolute atomic E-state index is 0.0230. The number of carbonyl (C=O) groups is 1. The Balaban J connectivity index is 1.34. The van der Waals surface area contributed by atoms with Gasteiger partial charge in [-0.25, -0.2) is 0 Å². The fraction of sp³-hybridized carbons (Fsp3) is 0.556. The van der Waals surface area contributed by atoms with Crippen LogP contribution in [-0.2, 0) is 4.79 Å². The van der Waals surface area contributed by atoms with Crippen LogP contribution in [-0.4, -0.2) is 79.6 Å². The van der Waals surface area contributed by atoms with E-state index in [0.717, 1.165) is 92.2 Å². The average molecular weight is 581 g/mol. The Morgan fingerprint density at radius 3 is 2.77 bits per heavy atom. The molecule has 8 rings (SSSR count). The number of phenols is 1. The third-order valence-corrected chi connectivity index (χ3v) is 11.6. The van der Waals surface area contributed by atoms with E-state index in [4.69, 9.17) is 4.98 Å². The molecule has 1 spiro atoms. The quantitative estimate of drug-likeness (QED) is 0.308. The number of phenolic OH excluding ortho intramolecular Hbond substituents is 1. The van der Waals surface area contributed by atoms with Gasteiger partial charge >= 0.3 is 0 Å². The van der Waals surface area contributed by atoms with Crippen molar-refractivity contribution in [2.24, 2.45) is 11.3 Å². The van der Waals surface area contributed by atoms with Crippen LogP contribution in [0.5, 0.6) is 5.75 Å². The van der Waals surface area contributed by atoms with Crippen LogP contribution in [0, 0.1) is 11.3 Å². The Morgan fingerprint density at radius 1 is 0.953 bits per heavy atom. The summed E-state index contributed by atoms with van der Waals surface area (Å²) in [5.41, 5.74) is 2.63. The second-order valence-electron chi connectivity index (χ2n) is 14.0. The fourth-order valence-corrected chi connectivity index (χ4v) is 9.92. The molecule has 6 atom stereocenters. The lowest BCUT2D eigenvalue weighted by Gasteiger charge is -2.58. The first-order valence-corrected chi connectivity index (χ1v) is 16.7. The highest BCUT2D eigenvalue weighted by atomic mass is 16.3. The van der Waals surface area contributed by atoms with E-state index in [1.165, 1.54) is 18.4 Å². The maximum atomic E-state index is 13.1. The number of Topliss-reactive ketones (excluding diaryl/α,β-unsaturated/α-hetero) is 1. The standard InChI is InChI=1S/C36H44N4O3/c41-25-9-8-19-40-24(12-13-25)21-35-23-39-18-6-4-2-1-3-5-16-36(43,34(35)40)22-28(29(35)15-20-39)32-33-27(14-17-37-32)26-10-7-11-30(42)31(26)38-33/h1,3,7,10-11,14,17,22,24,29,34,38,42-43H,2,4-6,8-9,12-13,15-16,18-21,23H2/b3-1-/t24-,29-,34-,35-,36-/m1/s1. The number of carbonyl (C=O) groups excluding carboxylic acids is 1. The molecule has 0 saturated carbocycles.